The van der Waals surface area contributed by atoms with E-state index in [2.05, 4.69) is 49.7 Å². The molecule has 39 heavy (non-hydrogen) atoms. The Labute approximate surface area is 228 Å². The van der Waals surface area contributed by atoms with Crippen LogP contribution in [-0.4, -0.2) is 38.7 Å². The van der Waals surface area contributed by atoms with Gasteiger partial charge in [-0.15, -0.1) is 10.2 Å². The van der Waals surface area contributed by atoms with Crippen molar-refractivity contribution in [2.24, 2.45) is 5.92 Å². The van der Waals surface area contributed by atoms with Crippen LogP contribution in [0.4, 0.5) is 5.82 Å². The van der Waals surface area contributed by atoms with E-state index >= 15 is 0 Å². The van der Waals surface area contributed by atoms with Gasteiger partial charge in [-0.1, -0.05) is 91.0 Å². The predicted octanol–water partition coefficient (Wildman–Crippen LogP) is 5.45. The maximum absolute atomic E-state index is 13.5. The van der Waals surface area contributed by atoms with E-state index in [0.717, 1.165) is 47.7 Å². The first kappa shape index (κ1) is 24.6. The molecule has 0 bridgehead atoms. The van der Waals surface area contributed by atoms with Crippen molar-refractivity contribution in [3.63, 3.8) is 0 Å². The predicted molar refractivity (Wildman–Crippen MR) is 152 cm³/mol. The van der Waals surface area contributed by atoms with E-state index in [0.29, 0.717) is 12.4 Å². The van der Waals surface area contributed by atoms with Gasteiger partial charge in [0, 0.05) is 31.0 Å². The Morgan fingerprint density at radius 1 is 0.795 bits per heavy atom. The fourth-order valence-electron chi connectivity index (χ4n) is 5.21. The van der Waals surface area contributed by atoms with Crippen LogP contribution in [0.25, 0.3) is 17.2 Å². The lowest BCUT2D eigenvalue weighted by Gasteiger charge is -2.33. The summed E-state index contributed by atoms with van der Waals surface area (Å²) in [5, 5.41) is 12.4. The number of benzene rings is 3. The van der Waals surface area contributed by atoms with Gasteiger partial charge in [-0.3, -0.25) is 9.36 Å². The number of hydrogen-bond acceptors (Lipinski definition) is 5. The lowest BCUT2D eigenvalue weighted by atomic mass is 9.94. The maximum atomic E-state index is 13.5. The Morgan fingerprint density at radius 2 is 1.41 bits per heavy atom. The molecule has 7 heteroatoms. The van der Waals surface area contributed by atoms with Gasteiger partial charge in [0.25, 0.3) is 0 Å². The van der Waals surface area contributed by atoms with E-state index in [9.17, 15) is 4.79 Å². The highest BCUT2D eigenvalue weighted by Crippen LogP contribution is 2.26. The van der Waals surface area contributed by atoms with Gasteiger partial charge in [-0.2, -0.15) is 0 Å². The van der Waals surface area contributed by atoms with Crippen LogP contribution in [0, 0.1) is 5.92 Å². The third kappa shape index (κ3) is 5.43. The van der Waals surface area contributed by atoms with Crippen LogP contribution in [-0.2, 0) is 4.79 Å². The number of rotatable bonds is 7. The number of amides is 1. The van der Waals surface area contributed by atoms with Crippen molar-refractivity contribution in [1.82, 2.24) is 25.1 Å². The number of aromatic nitrogens is 4. The van der Waals surface area contributed by atoms with Crippen LogP contribution >= 0.6 is 0 Å². The third-order valence-corrected chi connectivity index (χ3v) is 7.22. The minimum Gasteiger partial charge on any atom is -0.354 e. The van der Waals surface area contributed by atoms with Crippen LogP contribution in [0.1, 0.15) is 30.0 Å². The molecular weight excluding hydrogens is 484 g/mol. The molecule has 0 radical (unpaired) electrons. The topological polar surface area (TPSA) is 75.9 Å². The monoisotopic (exact) mass is 514 g/mol. The molecule has 1 aliphatic rings. The van der Waals surface area contributed by atoms with Crippen LogP contribution in [0.2, 0.25) is 0 Å². The summed E-state index contributed by atoms with van der Waals surface area (Å²) in [5.41, 5.74) is 3.16. The van der Waals surface area contributed by atoms with E-state index in [1.54, 1.807) is 6.20 Å². The summed E-state index contributed by atoms with van der Waals surface area (Å²) in [5.74, 6) is 2.23. The Hall–Kier alpha value is -4.78. The van der Waals surface area contributed by atoms with Crippen molar-refractivity contribution in [2.45, 2.75) is 18.9 Å². The van der Waals surface area contributed by atoms with Gasteiger partial charge >= 0.3 is 0 Å². The van der Waals surface area contributed by atoms with Crippen LogP contribution in [0.3, 0.4) is 0 Å². The molecule has 1 N–H and O–H groups in total. The molecule has 7 nitrogen and oxygen atoms in total. The molecular formula is C32H30N6O. The molecule has 2 aromatic heterocycles. The zero-order valence-corrected chi connectivity index (χ0v) is 21.6. The second-order valence-electron chi connectivity index (χ2n) is 9.78. The standard InChI is InChI=1S/C32H30N6O/c39-32(34-30(24-11-4-1-5-12-24)25-13-6-2-7-14-25)27-17-10-21-37(23-27)28-18-19-29(36-35-28)38-22-20-33-31(38)26-15-8-3-9-16-26/h1-9,11-16,18-20,22,27,30H,10,17,21,23H2,(H,34,39). The highest BCUT2D eigenvalue weighted by molar-refractivity contribution is 5.80. The summed E-state index contributed by atoms with van der Waals surface area (Å²) in [6, 6.07) is 34.0. The fraction of sp³-hybridized carbons (Fsp3) is 0.188. The summed E-state index contributed by atoms with van der Waals surface area (Å²) in [6.45, 7) is 1.45. The van der Waals surface area contributed by atoms with Crippen molar-refractivity contribution in [2.75, 3.05) is 18.0 Å². The van der Waals surface area contributed by atoms with E-state index in [4.69, 9.17) is 0 Å². The Kier molecular flexibility index (Phi) is 7.12. The maximum Gasteiger partial charge on any atom is 0.225 e. The van der Waals surface area contributed by atoms with Crippen LogP contribution in [0.15, 0.2) is 116 Å². The number of anilines is 1. The van der Waals surface area contributed by atoms with Gasteiger partial charge in [-0.25, -0.2) is 4.98 Å². The van der Waals surface area contributed by atoms with E-state index in [1.807, 2.05) is 89.6 Å². The number of carbonyl (C=O) groups is 1. The first-order valence-corrected chi connectivity index (χ1v) is 13.3. The number of nitrogens with zero attached hydrogens (tertiary/aromatic N) is 5. The van der Waals surface area contributed by atoms with Crippen molar-refractivity contribution in [1.29, 1.82) is 0 Å². The van der Waals surface area contributed by atoms with Crippen LogP contribution < -0.4 is 10.2 Å². The minimum atomic E-state index is -0.191. The highest BCUT2D eigenvalue weighted by Gasteiger charge is 2.29. The molecule has 1 unspecified atom stereocenters. The molecule has 1 amide bonds. The zero-order chi connectivity index (χ0) is 26.4. The van der Waals surface area contributed by atoms with Crippen molar-refractivity contribution in [3.8, 4) is 17.2 Å². The number of piperidine rings is 1. The van der Waals surface area contributed by atoms with E-state index in [1.165, 1.54) is 0 Å². The molecule has 0 saturated carbocycles. The summed E-state index contributed by atoms with van der Waals surface area (Å²) < 4.78 is 1.94. The number of hydrogen-bond donors (Lipinski definition) is 1. The molecule has 1 aliphatic heterocycles. The smallest absolute Gasteiger partial charge is 0.225 e. The van der Waals surface area contributed by atoms with Gasteiger partial charge < -0.3 is 10.2 Å². The quantitative estimate of drug-likeness (QED) is 0.313. The largest absolute Gasteiger partial charge is 0.354 e. The summed E-state index contributed by atoms with van der Waals surface area (Å²) >= 11 is 0. The first-order valence-electron chi connectivity index (χ1n) is 13.3. The molecule has 1 atom stereocenters. The summed E-state index contributed by atoms with van der Waals surface area (Å²) in [4.78, 5) is 20.2. The van der Waals surface area contributed by atoms with E-state index < -0.39 is 0 Å². The van der Waals surface area contributed by atoms with Crippen molar-refractivity contribution < 1.29 is 4.79 Å². The van der Waals surface area contributed by atoms with Crippen molar-refractivity contribution in [3.05, 3.63) is 127 Å². The normalized spacial score (nSPS) is 15.3. The molecule has 3 aromatic carbocycles. The first-order chi connectivity index (χ1) is 19.3. The fourth-order valence-corrected chi connectivity index (χ4v) is 5.21. The van der Waals surface area contributed by atoms with Gasteiger partial charge in [0.15, 0.2) is 11.6 Å². The Balaban J connectivity index is 1.17. The molecule has 194 valence electrons. The third-order valence-electron chi connectivity index (χ3n) is 7.22. The summed E-state index contributed by atoms with van der Waals surface area (Å²) in [6.07, 6.45) is 5.43. The molecule has 0 aliphatic carbocycles. The molecule has 0 spiro atoms. The Morgan fingerprint density at radius 3 is 2.05 bits per heavy atom. The molecule has 3 heterocycles. The molecule has 5 aromatic rings. The lowest BCUT2D eigenvalue weighted by Crippen LogP contribution is -2.44. The van der Waals surface area contributed by atoms with Crippen LogP contribution in [0.5, 0.6) is 0 Å². The molecule has 1 fully saturated rings. The minimum absolute atomic E-state index is 0.0629. The lowest BCUT2D eigenvalue weighted by molar-refractivity contribution is -0.125. The number of carbonyl (C=O) groups excluding carboxylic acids is 1. The average molecular weight is 515 g/mol. The van der Waals surface area contributed by atoms with E-state index in [-0.39, 0.29) is 17.9 Å². The second-order valence-corrected chi connectivity index (χ2v) is 9.78. The summed E-state index contributed by atoms with van der Waals surface area (Å²) in [7, 11) is 0. The van der Waals surface area contributed by atoms with Gasteiger partial charge in [-0.05, 0) is 36.1 Å². The van der Waals surface area contributed by atoms with Gasteiger partial charge in [0.2, 0.25) is 5.91 Å². The SMILES string of the molecule is O=C(NC(c1ccccc1)c1ccccc1)C1CCCN(c2ccc(-n3ccnc3-c3ccccc3)nn2)C1. The average Bonchev–Trinajstić information content (AvgIpc) is 3.51. The Bertz CT molecular complexity index is 1460. The molecule has 1 saturated heterocycles. The second kappa shape index (κ2) is 11.3. The zero-order valence-electron chi connectivity index (χ0n) is 21.6. The number of imidazole rings is 1. The van der Waals surface area contributed by atoms with Crippen molar-refractivity contribution >= 4 is 11.7 Å². The highest BCUT2D eigenvalue weighted by atomic mass is 16.2. The van der Waals surface area contributed by atoms with Gasteiger partial charge in [0.05, 0.1) is 12.0 Å². The van der Waals surface area contributed by atoms with Gasteiger partial charge in [0.1, 0.15) is 5.82 Å². The molecule has 6 rings (SSSR count). The number of nitrogens with one attached hydrogen (secondary N) is 1.